The summed E-state index contributed by atoms with van der Waals surface area (Å²) in [6, 6.07) is 12.8. The highest BCUT2D eigenvalue weighted by Gasteiger charge is 2.27. The van der Waals surface area contributed by atoms with Crippen LogP contribution in [-0.4, -0.2) is 54.9 Å². The van der Waals surface area contributed by atoms with E-state index in [1.807, 2.05) is 19.1 Å². The van der Waals surface area contributed by atoms with Crippen LogP contribution in [0.3, 0.4) is 0 Å². The molecular weight excluding hydrogens is 456 g/mol. The fourth-order valence-electron chi connectivity index (χ4n) is 4.13. The molecule has 1 saturated heterocycles. The molecule has 0 bridgehead atoms. The number of fused-ring (bicyclic) bond motifs is 2. The molecular formula is C24H22N4O5S. The molecule has 0 spiro atoms. The van der Waals surface area contributed by atoms with Gasteiger partial charge < -0.3 is 15.0 Å². The number of amides is 1. The van der Waals surface area contributed by atoms with E-state index in [4.69, 9.17) is 4.74 Å². The first-order valence-corrected chi connectivity index (χ1v) is 12.2. The maximum absolute atomic E-state index is 13.3. The number of anilines is 1. The van der Waals surface area contributed by atoms with Gasteiger partial charge in [0, 0.05) is 41.6 Å². The summed E-state index contributed by atoms with van der Waals surface area (Å²) in [7, 11) is -3.78. The Bertz CT molecular complexity index is 1590. The first kappa shape index (κ1) is 22.2. The number of nitrogens with zero attached hydrogens (tertiary/aromatic N) is 2. The summed E-state index contributed by atoms with van der Waals surface area (Å²) < 4.78 is 32.9. The van der Waals surface area contributed by atoms with Crippen LogP contribution in [0.15, 0.2) is 64.4 Å². The Morgan fingerprint density at radius 3 is 2.68 bits per heavy atom. The fraction of sp³-hybridized carbons (Fsp3) is 0.208. The Morgan fingerprint density at radius 2 is 1.88 bits per heavy atom. The largest absolute Gasteiger partial charge is 0.379 e. The molecule has 2 aromatic heterocycles. The van der Waals surface area contributed by atoms with Crippen molar-refractivity contribution in [2.45, 2.75) is 11.8 Å². The molecule has 2 N–H and O–H groups in total. The van der Waals surface area contributed by atoms with Crippen LogP contribution < -0.4 is 10.9 Å². The zero-order valence-electron chi connectivity index (χ0n) is 18.4. The molecule has 1 aliphatic heterocycles. The predicted molar refractivity (Wildman–Crippen MR) is 129 cm³/mol. The van der Waals surface area contributed by atoms with Gasteiger partial charge in [0.2, 0.25) is 15.6 Å². The number of sulfonamides is 1. The summed E-state index contributed by atoms with van der Waals surface area (Å²) in [4.78, 5) is 32.7. The minimum Gasteiger partial charge on any atom is -0.379 e. The van der Waals surface area contributed by atoms with E-state index in [0.717, 1.165) is 16.5 Å². The quantitative estimate of drug-likeness (QED) is 0.465. The highest BCUT2D eigenvalue weighted by molar-refractivity contribution is 7.89. The molecule has 0 saturated carbocycles. The minimum absolute atomic E-state index is 0.0491. The first-order chi connectivity index (χ1) is 16.3. The molecule has 0 atom stereocenters. The number of aromatic amines is 1. The van der Waals surface area contributed by atoms with Crippen molar-refractivity contribution in [1.82, 2.24) is 14.3 Å². The van der Waals surface area contributed by atoms with Crippen molar-refractivity contribution >= 4 is 43.4 Å². The average molecular weight is 479 g/mol. The standard InChI is InChI=1S/C24H22N4O5S/c1-15-4-6-20(17-3-2-8-25-23(15)17)27-24(30)19-14-22(29)26-21-7-5-16(13-18(19)21)34(31,32)28-9-11-33-12-10-28/h2-8,13-14H,9-12H2,1H3,(H,26,29)(H,27,30). The molecule has 0 aliphatic carbocycles. The van der Waals surface area contributed by atoms with Crippen molar-refractivity contribution in [2.24, 2.45) is 0 Å². The lowest BCUT2D eigenvalue weighted by molar-refractivity contribution is 0.0730. The van der Waals surface area contributed by atoms with Crippen LogP contribution in [0.4, 0.5) is 5.69 Å². The predicted octanol–water partition coefficient (Wildman–Crippen LogP) is 2.66. The van der Waals surface area contributed by atoms with Crippen molar-refractivity contribution in [3.8, 4) is 0 Å². The molecule has 0 unspecified atom stereocenters. The van der Waals surface area contributed by atoms with Gasteiger partial charge >= 0.3 is 0 Å². The minimum atomic E-state index is -3.78. The van der Waals surface area contributed by atoms with Gasteiger partial charge in [-0.05, 0) is 48.9 Å². The summed E-state index contributed by atoms with van der Waals surface area (Å²) in [5.74, 6) is -0.522. The highest BCUT2D eigenvalue weighted by Crippen LogP contribution is 2.27. The zero-order valence-corrected chi connectivity index (χ0v) is 19.2. The lowest BCUT2D eigenvalue weighted by atomic mass is 10.1. The number of ether oxygens (including phenoxy) is 1. The molecule has 34 heavy (non-hydrogen) atoms. The summed E-state index contributed by atoms with van der Waals surface area (Å²) in [5, 5.41) is 3.96. The molecule has 174 valence electrons. The van der Waals surface area contributed by atoms with Gasteiger partial charge in [-0.25, -0.2) is 8.42 Å². The number of hydrogen-bond acceptors (Lipinski definition) is 6. The van der Waals surface area contributed by atoms with Gasteiger partial charge in [0.05, 0.1) is 34.9 Å². The molecule has 5 rings (SSSR count). The smallest absolute Gasteiger partial charge is 0.256 e. The van der Waals surface area contributed by atoms with Gasteiger partial charge in [0.1, 0.15) is 0 Å². The number of H-pyrrole nitrogens is 1. The molecule has 1 fully saturated rings. The van der Waals surface area contributed by atoms with E-state index < -0.39 is 21.5 Å². The third-order valence-corrected chi connectivity index (χ3v) is 7.78. The Balaban J connectivity index is 1.58. The number of pyridine rings is 2. The third-order valence-electron chi connectivity index (χ3n) is 5.89. The van der Waals surface area contributed by atoms with Crippen LogP contribution in [0.2, 0.25) is 0 Å². The van der Waals surface area contributed by atoms with Crippen LogP contribution in [0.1, 0.15) is 15.9 Å². The molecule has 0 radical (unpaired) electrons. The van der Waals surface area contributed by atoms with E-state index >= 15 is 0 Å². The molecule has 1 amide bonds. The zero-order chi connectivity index (χ0) is 23.9. The Morgan fingerprint density at radius 1 is 1.09 bits per heavy atom. The van der Waals surface area contributed by atoms with Crippen LogP contribution in [0, 0.1) is 6.92 Å². The van der Waals surface area contributed by atoms with Crippen molar-refractivity contribution in [3.05, 3.63) is 76.2 Å². The number of carbonyl (C=O) groups excluding carboxylic acids is 1. The van der Waals surface area contributed by atoms with E-state index in [1.165, 1.54) is 28.6 Å². The van der Waals surface area contributed by atoms with Crippen molar-refractivity contribution < 1.29 is 17.9 Å². The lowest BCUT2D eigenvalue weighted by Crippen LogP contribution is -2.40. The lowest BCUT2D eigenvalue weighted by Gasteiger charge is -2.26. The van der Waals surface area contributed by atoms with Gasteiger partial charge in [-0.2, -0.15) is 4.31 Å². The Hall–Kier alpha value is -3.60. The maximum atomic E-state index is 13.3. The average Bonchev–Trinajstić information content (AvgIpc) is 2.85. The van der Waals surface area contributed by atoms with Crippen LogP contribution >= 0.6 is 0 Å². The number of benzene rings is 2. The summed E-state index contributed by atoms with van der Waals surface area (Å²) >= 11 is 0. The van der Waals surface area contributed by atoms with E-state index in [-0.39, 0.29) is 23.5 Å². The van der Waals surface area contributed by atoms with Gasteiger partial charge in [-0.15, -0.1) is 0 Å². The monoisotopic (exact) mass is 478 g/mol. The second-order valence-electron chi connectivity index (χ2n) is 8.05. The second-order valence-corrected chi connectivity index (χ2v) is 9.99. The molecule has 1 aliphatic rings. The second kappa shape index (κ2) is 8.64. The Kier molecular flexibility index (Phi) is 5.64. The van der Waals surface area contributed by atoms with Gasteiger partial charge in [0.15, 0.2) is 0 Å². The summed E-state index contributed by atoms with van der Waals surface area (Å²) in [5.41, 5.74) is 2.26. The fourth-order valence-corrected chi connectivity index (χ4v) is 5.56. The molecule has 10 heteroatoms. The molecule has 9 nitrogen and oxygen atoms in total. The van der Waals surface area contributed by atoms with Crippen molar-refractivity contribution in [1.29, 1.82) is 0 Å². The molecule has 3 heterocycles. The normalized spacial score (nSPS) is 15.0. The van der Waals surface area contributed by atoms with E-state index in [1.54, 1.807) is 18.3 Å². The number of aromatic nitrogens is 2. The number of carbonyl (C=O) groups is 1. The SMILES string of the molecule is Cc1ccc(NC(=O)c2cc(=O)[nH]c3ccc(S(=O)(=O)N4CCOCC4)cc23)c2cccnc12. The van der Waals surface area contributed by atoms with Gasteiger partial charge in [-0.1, -0.05) is 6.07 Å². The number of hydrogen-bond donors (Lipinski definition) is 2. The molecule has 2 aromatic carbocycles. The maximum Gasteiger partial charge on any atom is 0.256 e. The highest BCUT2D eigenvalue weighted by atomic mass is 32.2. The summed E-state index contributed by atoms with van der Waals surface area (Å²) in [6.45, 7) is 3.10. The first-order valence-electron chi connectivity index (χ1n) is 10.8. The number of aryl methyl sites for hydroxylation is 1. The Labute approximate surface area is 195 Å². The number of nitrogens with one attached hydrogen (secondary N) is 2. The van der Waals surface area contributed by atoms with E-state index in [0.29, 0.717) is 29.8 Å². The van der Waals surface area contributed by atoms with Crippen LogP contribution in [-0.2, 0) is 14.8 Å². The number of rotatable bonds is 4. The number of morpholine rings is 1. The van der Waals surface area contributed by atoms with Gasteiger partial charge in [0.25, 0.3) is 5.91 Å². The molecule has 4 aromatic rings. The van der Waals surface area contributed by atoms with Gasteiger partial charge in [-0.3, -0.25) is 14.6 Å². The topological polar surface area (TPSA) is 121 Å². The van der Waals surface area contributed by atoms with Crippen LogP contribution in [0.25, 0.3) is 21.8 Å². The van der Waals surface area contributed by atoms with E-state index in [2.05, 4.69) is 15.3 Å². The third kappa shape index (κ3) is 3.96. The van der Waals surface area contributed by atoms with Crippen molar-refractivity contribution in [2.75, 3.05) is 31.6 Å². The van der Waals surface area contributed by atoms with Crippen LogP contribution in [0.5, 0.6) is 0 Å². The van der Waals surface area contributed by atoms with Crippen molar-refractivity contribution in [3.63, 3.8) is 0 Å². The summed E-state index contributed by atoms with van der Waals surface area (Å²) in [6.07, 6.45) is 1.68. The van der Waals surface area contributed by atoms with E-state index in [9.17, 15) is 18.0 Å².